The van der Waals surface area contributed by atoms with Gasteiger partial charge in [-0.15, -0.1) is 0 Å². The maximum absolute atomic E-state index is 12.6. The normalized spacial score (nSPS) is 18.3. The average molecular weight is 451 g/mol. The number of halogens is 1. The van der Waals surface area contributed by atoms with E-state index in [1.807, 2.05) is 12.3 Å². The molecule has 1 heterocycles. The zero-order valence-corrected chi connectivity index (χ0v) is 20.9. The van der Waals surface area contributed by atoms with Gasteiger partial charge < -0.3 is 15.0 Å². The van der Waals surface area contributed by atoms with Crippen molar-refractivity contribution in [2.75, 3.05) is 13.2 Å². The van der Waals surface area contributed by atoms with Gasteiger partial charge in [0.25, 0.3) is 6.47 Å². The molecule has 1 aromatic carbocycles. The van der Waals surface area contributed by atoms with Gasteiger partial charge >= 0.3 is 6.03 Å². The first kappa shape index (κ1) is 27.0. The third kappa shape index (κ3) is 7.57. The largest absolute Gasteiger partial charge is 0.468 e. The van der Waals surface area contributed by atoms with Crippen LogP contribution < -0.4 is 5.32 Å². The number of hydrogen-bond acceptors (Lipinski definition) is 3. The molecular formula is C25H39ClN2O3. The number of amides is 2. The molecule has 0 saturated heterocycles. The molecule has 5 nitrogen and oxygen atoms in total. The van der Waals surface area contributed by atoms with Crippen molar-refractivity contribution in [3.63, 3.8) is 0 Å². The zero-order valence-electron chi connectivity index (χ0n) is 20.1. The topological polar surface area (TPSA) is 58.6 Å². The van der Waals surface area contributed by atoms with E-state index < -0.39 is 5.54 Å². The molecule has 1 aliphatic rings. The van der Waals surface area contributed by atoms with Gasteiger partial charge in [-0.05, 0) is 67.7 Å². The van der Waals surface area contributed by atoms with Crippen LogP contribution >= 0.6 is 11.6 Å². The molecule has 0 radical (unpaired) electrons. The number of carbonyl (C=O) groups is 2. The molecular weight excluding hydrogens is 412 g/mol. The van der Waals surface area contributed by atoms with E-state index in [9.17, 15) is 9.59 Å². The van der Waals surface area contributed by atoms with E-state index in [-0.39, 0.29) is 6.03 Å². The minimum absolute atomic E-state index is 0.0428. The fraction of sp³-hybridized carbons (Fsp3) is 0.600. The second-order valence-electron chi connectivity index (χ2n) is 8.78. The molecule has 1 aliphatic heterocycles. The van der Waals surface area contributed by atoms with Crippen LogP contribution in [0.15, 0.2) is 30.0 Å². The van der Waals surface area contributed by atoms with Crippen LogP contribution in [0.25, 0.3) is 0 Å². The van der Waals surface area contributed by atoms with Gasteiger partial charge in [-0.2, -0.15) is 0 Å². The summed E-state index contributed by atoms with van der Waals surface area (Å²) in [5.74, 6) is 0.972. The number of hydrogen-bond donors (Lipinski definition) is 1. The molecule has 2 rings (SSSR count). The SMILES string of the molecule is CCCN1C=C(C(C)C)[C@](C)(c2ccc(CCC(C)C)c(Cl)c2)NC1=O.CCOC=O. The number of carbonyl (C=O) groups excluding carboxylic acids is 2. The molecule has 0 unspecified atom stereocenters. The van der Waals surface area contributed by atoms with Crippen LogP contribution in [-0.2, 0) is 21.5 Å². The standard InChI is InChI=1S/C22H33ClN2O.C3H6O2/c1-7-12-25-14-19(16(4)5)22(6,24-21(25)26)18-11-10-17(20(23)13-18)9-8-15(2)3;1-2-5-3-4/h10-11,13-16H,7-9,12H2,1-6H3,(H,24,26);3H,2H2,1H3/t22-;/m0./s1. The Morgan fingerprint density at radius 3 is 2.35 bits per heavy atom. The minimum atomic E-state index is -0.532. The Balaban J connectivity index is 0.000000861. The fourth-order valence-electron chi connectivity index (χ4n) is 3.66. The van der Waals surface area contributed by atoms with Crippen LogP contribution in [-0.4, -0.2) is 30.6 Å². The van der Waals surface area contributed by atoms with Crippen molar-refractivity contribution < 1.29 is 14.3 Å². The first-order chi connectivity index (χ1) is 14.6. The molecule has 0 spiro atoms. The van der Waals surface area contributed by atoms with E-state index >= 15 is 0 Å². The van der Waals surface area contributed by atoms with Gasteiger partial charge in [-0.25, -0.2) is 4.79 Å². The smallest absolute Gasteiger partial charge is 0.322 e. The number of nitrogens with one attached hydrogen (secondary N) is 1. The maximum Gasteiger partial charge on any atom is 0.322 e. The first-order valence-corrected chi connectivity index (χ1v) is 11.6. The summed E-state index contributed by atoms with van der Waals surface area (Å²) in [5, 5.41) is 4.02. The van der Waals surface area contributed by atoms with Crippen molar-refractivity contribution >= 4 is 24.1 Å². The van der Waals surface area contributed by atoms with Crippen molar-refractivity contribution in [2.24, 2.45) is 11.8 Å². The molecule has 1 atom stereocenters. The van der Waals surface area contributed by atoms with E-state index in [1.54, 1.807) is 11.8 Å². The summed E-state index contributed by atoms with van der Waals surface area (Å²) in [7, 11) is 0. The Hall–Kier alpha value is -2.01. The number of benzene rings is 1. The molecule has 0 fully saturated rings. The zero-order chi connectivity index (χ0) is 23.6. The monoisotopic (exact) mass is 450 g/mol. The van der Waals surface area contributed by atoms with Crippen molar-refractivity contribution in [3.05, 3.63) is 46.1 Å². The molecule has 174 valence electrons. The lowest BCUT2D eigenvalue weighted by molar-refractivity contribution is -0.128. The van der Waals surface area contributed by atoms with Crippen molar-refractivity contribution in [2.45, 2.75) is 73.3 Å². The number of nitrogens with zero attached hydrogens (tertiary/aromatic N) is 1. The highest BCUT2D eigenvalue weighted by Gasteiger charge is 2.39. The summed E-state index contributed by atoms with van der Waals surface area (Å²) < 4.78 is 4.15. The maximum atomic E-state index is 12.6. The molecule has 0 bridgehead atoms. The Labute approximate surface area is 193 Å². The summed E-state index contributed by atoms with van der Waals surface area (Å²) in [5.41, 5.74) is 2.89. The van der Waals surface area contributed by atoms with Crippen molar-refractivity contribution in [1.82, 2.24) is 10.2 Å². The second-order valence-corrected chi connectivity index (χ2v) is 9.19. The highest BCUT2D eigenvalue weighted by atomic mass is 35.5. The van der Waals surface area contributed by atoms with Crippen molar-refractivity contribution in [1.29, 1.82) is 0 Å². The third-order valence-corrected chi connectivity index (χ3v) is 5.78. The summed E-state index contributed by atoms with van der Waals surface area (Å²) in [6.07, 6.45) is 5.07. The van der Waals surface area contributed by atoms with E-state index in [1.165, 1.54) is 11.1 Å². The van der Waals surface area contributed by atoms with Gasteiger partial charge in [0.2, 0.25) is 0 Å². The van der Waals surface area contributed by atoms with Gasteiger partial charge in [0.05, 0.1) is 12.1 Å². The van der Waals surface area contributed by atoms with Crippen LogP contribution in [0, 0.1) is 11.8 Å². The minimum Gasteiger partial charge on any atom is -0.468 e. The highest BCUT2D eigenvalue weighted by molar-refractivity contribution is 6.31. The Morgan fingerprint density at radius 1 is 1.23 bits per heavy atom. The van der Waals surface area contributed by atoms with E-state index in [4.69, 9.17) is 11.6 Å². The van der Waals surface area contributed by atoms with Gasteiger partial charge in [0, 0.05) is 17.8 Å². The molecule has 0 saturated carbocycles. The predicted octanol–water partition coefficient (Wildman–Crippen LogP) is 6.30. The van der Waals surface area contributed by atoms with Crippen LogP contribution in [0.3, 0.4) is 0 Å². The van der Waals surface area contributed by atoms with Gasteiger partial charge in [-0.1, -0.05) is 58.4 Å². The summed E-state index contributed by atoms with van der Waals surface area (Å²) in [4.78, 5) is 23.6. The number of ether oxygens (including phenoxy) is 1. The quantitative estimate of drug-likeness (QED) is 0.449. The first-order valence-electron chi connectivity index (χ1n) is 11.3. The van der Waals surface area contributed by atoms with Crippen molar-refractivity contribution in [3.8, 4) is 0 Å². The Morgan fingerprint density at radius 2 is 1.90 bits per heavy atom. The van der Waals surface area contributed by atoms with E-state index in [2.05, 4.69) is 63.7 Å². The van der Waals surface area contributed by atoms with Gasteiger partial charge in [0.1, 0.15) is 0 Å². The van der Waals surface area contributed by atoms with E-state index in [0.717, 1.165) is 36.4 Å². The van der Waals surface area contributed by atoms with Gasteiger partial charge in [-0.3, -0.25) is 4.79 Å². The summed E-state index contributed by atoms with van der Waals surface area (Å²) in [6, 6.07) is 6.23. The molecule has 1 N–H and O–H groups in total. The molecule has 1 aromatic rings. The van der Waals surface area contributed by atoms with Crippen LogP contribution in [0.5, 0.6) is 0 Å². The molecule has 0 aromatic heterocycles. The third-order valence-electron chi connectivity index (χ3n) is 5.43. The van der Waals surface area contributed by atoms with Gasteiger partial charge in [0.15, 0.2) is 0 Å². The van der Waals surface area contributed by atoms with Crippen LogP contribution in [0.2, 0.25) is 5.02 Å². The molecule has 31 heavy (non-hydrogen) atoms. The Kier molecular flexibility index (Phi) is 11.1. The summed E-state index contributed by atoms with van der Waals surface area (Å²) in [6.45, 7) is 16.4. The second kappa shape index (κ2) is 12.7. The fourth-order valence-corrected chi connectivity index (χ4v) is 3.93. The molecule has 2 amide bonds. The van der Waals surface area contributed by atoms with Crippen LogP contribution in [0.4, 0.5) is 4.79 Å². The lowest BCUT2D eigenvalue weighted by Gasteiger charge is -2.42. The highest BCUT2D eigenvalue weighted by Crippen LogP contribution is 2.38. The number of aryl methyl sites for hydroxylation is 1. The predicted molar refractivity (Wildman–Crippen MR) is 128 cm³/mol. The van der Waals surface area contributed by atoms with E-state index in [0.29, 0.717) is 24.9 Å². The lowest BCUT2D eigenvalue weighted by atomic mass is 9.78. The molecule has 0 aliphatic carbocycles. The number of rotatable bonds is 9. The average Bonchev–Trinajstić information content (AvgIpc) is 2.70. The Bertz CT molecular complexity index is 761. The molecule has 6 heteroatoms. The lowest BCUT2D eigenvalue weighted by Crippen LogP contribution is -2.54. The van der Waals surface area contributed by atoms with Crippen LogP contribution in [0.1, 0.15) is 72.4 Å². The number of urea groups is 1. The summed E-state index contributed by atoms with van der Waals surface area (Å²) >= 11 is 6.59.